The quantitative estimate of drug-likeness (QED) is 0.627. The Hall–Kier alpha value is -2.82. The third kappa shape index (κ3) is 2.65. The van der Waals surface area contributed by atoms with E-state index in [1.165, 1.54) is 14.2 Å². The lowest BCUT2D eigenvalue weighted by Crippen LogP contribution is -2.07. The van der Waals surface area contributed by atoms with Crippen molar-refractivity contribution in [1.29, 1.82) is 0 Å². The fourth-order valence-electron chi connectivity index (χ4n) is 2.73. The van der Waals surface area contributed by atoms with Crippen LogP contribution in [0.5, 0.6) is 11.5 Å². The number of rotatable bonds is 5. The molecule has 0 aliphatic carbocycles. The summed E-state index contributed by atoms with van der Waals surface area (Å²) in [5, 5.41) is 0. The highest BCUT2D eigenvalue weighted by Crippen LogP contribution is 2.43. The van der Waals surface area contributed by atoms with Crippen molar-refractivity contribution in [3.8, 4) is 11.5 Å². The molecule has 1 heterocycles. The van der Waals surface area contributed by atoms with Gasteiger partial charge in [0.2, 0.25) is 0 Å². The molecule has 0 N–H and O–H groups in total. The predicted octanol–water partition coefficient (Wildman–Crippen LogP) is 3.19. The third-order valence-electron chi connectivity index (χ3n) is 3.84. The van der Waals surface area contributed by atoms with Gasteiger partial charge in [-0.25, -0.2) is 4.79 Å². The number of hydrogen-bond donors (Lipinski definition) is 0. The number of ether oxygens (including phenoxy) is 3. The first-order chi connectivity index (χ1) is 11.2. The molecule has 0 spiro atoms. The van der Waals surface area contributed by atoms with Gasteiger partial charge in [-0.05, 0) is 6.07 Å². The SMILES string of the molecule is COc1ccc2c(c1OC)C(=O)O[C@@H]2CC(=O)c1ccccc1. The van der Waals surface area contributed by atoms with Crippen molar-refractivity contribution in [1.82, 2.24) is 0 Å². The average molecular weight is 312 g/mol. The van der Waals surface area contributed by atoms with Crippen LogP contribution in [0.25, 0.3) is 0 Å². The standard InChI is InChI=1S/C18H16O5/c1-21-14-9-8-12-15(23-18(20)16(12)17(14)22-2)10-13(19)11-6-4-3-5-7-11/h3-9,15H,10H2,1-2H3/t15-/m1/s1. The Kier molecular flexibility index (Phi) is 4.02. The Morgan fingerprint density at radius 2 is 1.83 bits per heavy atom. The summed E-state index contributed by atoms with van der Waals surface area (Å²) in [6, 6.07) is 12.4. The van der Waals surface area contributed by atoms with Gasteiger partial charge in [0.05, 0.1) is 20.6 Å². The van der Waals surface area contributed by atoms with Gasteiger partial charge in [-0.3, -0.25) is 4.79 Å². The molecule has 0 saturated carbocycles. The van der Waals surface area contributed by atoms with Crippen LogP contribution in [-0.2, 0) is 4.74 Å². The van der Waals surface area contributed by atoms with E-state index in [-0.39, 0.29) is 12.2 Å². The van der Waals surface area contributed by atoms with Crippen molar-refractivity contribution in [3.63, 3.8) is 0 Å². The van der Waals surface area contributed by atoms with Gasteiger partial charge in [-0.1, -0.05) is 36.4 Å². The summed E-state index contributed by atoms with van der Waals surface area (Å²) in [6.45, 7) is 0. The van der Waals surface area contributed by atoms with Gasteiger partial charge < -0.3 is 14.2 Å². The summed E-state index contributed by atoms with van der Waals surface area (Å²) in [5.41, 5.74) is 1.58. The van der Waals surface area contributed by atoms with Crippen molar-refractivity contribution < 1.29 is 23.8 Å². The monoisotopic (exact) mass is 312 g/mol. The number of esters is 1. The minimum Gasteiger partial charge on any atom is -0.493 e. The molecule has 0 saturated heterocycles. The van der Waals surface area contributed by atoms with E-state index in [9.17, 15) is 9.59 Å². The van der Waals surface area contributed by atoms with Gasteiger partial charge in [0.25, 0.3) is 0 Å². The van der Waals surface area contributed by atoms with Crippen molar-refractivity contribution in [2.24, 2.45) is 0 Å². The predicted molar refractivity (Wildman–Crippen MR) is 83.1 cm³/mol. The summed E-state index contributed by atoms with van der Waals surface area (Å²) in [7, 11) is 2.97. The van der Waals surface area contributed by atoms with Crippen molar-refractivity contribution in [3.05, 3.63) is 59.2 Å². The number of Topliss-reactive ketones (excluding diaryl/α,β-unsaturated/α-hetero) is 1. The Bertz CT molecular complexity index is 752. The van der Waals surface area contributed by atoms with E-state index in [4.69, 9.17) is 14.2 Å². The first kappa shape index (κ1) is 15.1. The molecule has 1 aliphatic rings. The number of fused-ring (bicyclic) bond motifs is 1. The lowest BCUT2D eigenvalue weighted by atomic mass is 9.97. The highest BCUT2D eigenvalue weighted by atomic mass is 16.6. The zero-order valence-electron chi connectivity index (χ0n) is 12.9. The first-order valence-corrected chi connectivity index (χ1v) is 7.19. The topological polar surface area (TPSA) is 61.8 Å². The normalized spacial score (nSPS) is 15.7. The maximum absolute atomic E-state index is 12.3. The number of benzene rings is 2. The van der Waals surface area contributed by atoms with Crippen molar-refractivity contribution in [2.75, 3.05) is 14.2 Å². The number of hydrogen-bond acceptors (Lipinski definition) is 5. The molecule has 0 aromatic heterocycles. The van der Waals surface area contributed by atoms with E-state index in [1.54, 1.807) is 36.4 Å². The van der Waals surface area contributed by atoms with E-state index in [2.05, 4.69) is 0 Å². The van der Waals surface area contributed by atoms with Gasteiger partial charge in [0.1, 0.15) is 11.7 Å². The summed E-state index contributed by atoms with van der Waals surface area (Å²) in [5.74, 6) is 0.218. The average Bonchev–Trinajstić information content (AvgIpc) is 2.90. The van der Waals surface area contributed by atoms with Crippen LogP contribution < -0.4 is 9.47 Å². The molecule has 0 unspecified atom stereocenters. The largest absolute Gasteiger partial charge is 0.493 e. The number of methoxy groups -OCH3 is 2. The zero-order chi connectivity index (χ0) is 16.4. The zero-order valence-corrected chi connectivity index (χ0v) is 12.9. The summed E-state index contributed by atoms with van der Waals surface area (Å²) in [6.07, 6.45) is -0.511. The van der Waals surface area contributed by atoms with Crippen LogP contribution in [0, 0.1) is 0 Å². The second-order valence-corrected chi connectivity index (χ2v) is 5.15. The van der Waals surface area contributed by atoms with E-state index in [1.807, 2.05) is 6.07 Å². The molecule has 23 heavy (non-hydrogen) atoms. The molecule has 0 fully saturated rings. The van der Waals surface area contributed by atoms with Crippen LogP contribution in [-0.4, -0.2) is 26.0 Å². The maximum Gasteiger partial charge on any atom is 0.343 e. The van der Waals surface area contributed by atoms with E-state index >= 15 is 0 Å². The highest BCUT2D eigenvalue weighted by Gasteiger charge is 2.36. The molecule has 5 nitrogen and oxygen atoms in total. The molecule has 2 aromatic rings. The first-order valence-electron chi connectivity index (χ1n) is 7.19. The maximum atomic E-state index is 12.3. The third-order valence-corrected chi connectivity index (χ3v) is 3.84. The minimum atomic E-state index is -0.606. The van der Waals surface area contributed by atoms with Gasteiger partial charge in [-0.2, -0.15) is 0 Å². The van der Waals surface area contributed by atoms with Crippen molar-refractivity contribution in [2.45, 2.75) is 12.5 Å². The highest BCUT2D eigenvalue weighted by molar-refractivity contribution is 6.00. The second kappa shape index (κ2) is 6.12. The molecule has 0 bridgehead atoms. The molecule has 0 amide bonds. The van der Waals surface area contributed by atoms with Crippen LogP contribution in [0.4, 0.5) is 0 Å². The van der Waals surface area contributed by atoms with Crippen LogP contribution in [0.3, 0.4) is 0 Å². The number of ketones is 1. The fraction of sp³-hybridized carbons (Fsp3) is 0.222. The van der Waals surface area contributed by atoms with Gasteiger partial charge in [-0.15, -0.1) is 0 Å². The molecule has 1 aliphatic heterocycles. The fourth-order valence-corrected chi connectivity index (χ4v) is 2.73. The van der Waals surface area contributed by atoms with Gasteiger partial charge in [0, 0.05) is 11.1 Å². The van der Waals surface area contributed by atoms with Crippen LogP contribution in [0.15, 0.2) is 42.5 Å². The van der Waals surface area contributed by atoms with E-state index in [0.29, 0.717) is 28.2 Å². The van der Waals surface area contributed by atoms with Crippen LogP contribution >= 0.6 is 0 Å². The van der Waals surface area contributed by atoms with E-state index in [0.717, 1.165) is 0 Å². The Balaban J connectivity index is 1.92. The molecule has 2 aromatic carbocycles. The summed E-state index contributed by atoms with van der Waals surface area (Å²) in [4.78, 5) is 24.5. The summed E-state index contributed by atoms with van der Waals surface area (Å²) < 4.78 is 15.8. The lowest BCUT2D eigenvalue weighted by Gasteiger charge is -2.12. The van der Waals surface area contributed by atoms with Gasteiger partial charge in [0.15, 0.2) is 17.3 Å². The van der Waals surface area contributed by atoms with Crippen LogP contribution in [0.2, 0.25) is 0 Å². The van der Waals surface area contributed by atoms with Crippen LogP contribution in [0.1, 0.15) is 38.8 Å². The molecule has 0 radical (unpaired) electrons. The molecule has 3 rings (SSSR count). The molecular formula is C18H16O5. The Morgan fingerprint density at radius 3 is 2.48 bits per heavy atom. The molecule has 1 atom stereocenters. The lowest BCUT2D eigenvalue weighted by molar-refractivity contribution is 0.0365. The smallest absolute Gasteiger partial charge is 0.343 e. The van der Waals surface area contributed by atoms with E-state index < -0.39 is 12.1 Å². The Labute approximate surface area is 133 Å². The number of cyclic esters (lactones) is 1. The van der Waals surface area contributed by atoms with Crippen molar-refractivity contribution >= 4 is 11.8 Å². The number of carbonyl (C=O) groups is 2. The second-order valence-electron chi connectivity index (χ2n) is 5.15. The van der Waals surface area contributed by atoms with Gasteiger partial charge >= 0.3 is 5.97 Å². The molecule has 118 valence electrons. The summed E-state index contributed by atoms with van der Waals surface area (Å²) >= 11 is 0. The number of carbonyl (C=O) groups excluding carboxylic acids is 2. The minimum absolute atomic E-state index is 0.0777. The molecule has 5 heteroatoms. The Morgan fingerprint density at radius 1 is 1.09 bits per heavy atom. The molecular weight excluding hydrogens is 296 g/mol.